The molecule has 0 aliphatic carbocycles. The normalized spacial score (nSPS) is 13.6. The van der Waals surface area contributed by atoms with Gasteiger partial charge in [-0.2, -0.15) is 0 Å². The molecule has 52 valence electrons. The average molecular weight is 127 g/mol. The second kappa shape index (κ2) is 4.13. The highest BCUT2D eigenvalue weighted by molar-refractivity contribution is 5.95. The molecule has 2 heteroatoms. The van der Waals surface area contributed by atoms with Crippen LogP contribution in [0, 0.1) is 5.92 Å². The van der Waals surface area contributed by atoms with Gasteiger partial charge < -0.3 is 5.21 Å². The summed E-state index contributed by atoms with van der Waals surface area (Å²) in [7, 11) is 0. The van der Waals surface area contributed by atoms with Gasteiger partial charge in [-0.15, -0.1) is 0 Å². The summed E-state index contributed by atoms with van der Waals surface area (Å²) in [5.74, 6) is 0.297. The van der Waals surface area contributed by atoms with E-state index in [1.54, 1.807) is 6.08 Å². The van der Waals surface area contributed by atoms with E-state index < -0.39 is 0 Å². The fourth-order valence-electron chi connectivity index (χ4n) is 0.512. The first-order valence-corrected chi connectivity index (χ1v) is 3.07. The lowest BCUT2D eigenvalue weighted by atomic mass is 10.1. The van der Waals surface area contributed by atoms with Gasteiger partial charge >= 0.3 is 0 Å². The van der Waals surface area contributed by atoms with Crippen LogP contribution in [0.25, 0.3) is 0 Å². The van der Waals surface area contributed by atoms with Crippen molar-refractivity contribution in [1.82, 2.24) is 0 Å². The van der Waals surface area contributed by atoms with Crippen molar-refractivity contribution in [3.8, 4) is 0 Å². The van der Waals surface area contributed by atoms with Gasteiger partial charge in [0.15, 0.2) is 0 Å². The summed E-state index contributed by atoms with van der Waals surface area (Å²) in [4.78, 5) is 0. The summed E-state index contributed by atoms with van der Waals surface area (Å²) in [5.41, 5.74) is 0.720. The van der Waals surface area contributed by atoms with E-state index in [4.69, 9.17) is 5.21 Å². The third kappa shape index (κ3) is 2.90. The van der Waals surface area contributed by atoms with Crippen LogP contribution in [0.5, 0.6) is 0 Å². The van der Waals surface area contributed by atoms with Gasteiger partial charge in [0.25, 0.3) is 0 Å². The van der Waals surface area contributed by atoms with Crippen LogP contribution in [0.1, 0.15) is 20.8 Å². The van der Waals surface area contributed by atoms with Crippen molar-refractivity contribution in [3.63, 3.8) is 0 Å². The van der Waals surface area contributed by atoms with Crippen molar-refractivity contribution in [1.29, 1.82) is 0 Å². The predicted molar refractivity (Wildman–Crippen MR) is 38.9 cm³/mol. The highest BCUT2D eigenvalue weighted by Crippen LogP contribution is 1.97. The number of allylic oxidation sites excluding steroid dienone is 2. The van der Waals surface area contributed by atoms with E-state index >= 15 is 0 Å². The van der Waals surface area contributed by atoms with Gasteiger partial charge in [-0.1, -0.05) is 25.1 Å². The van der Waals surface area contributed by atoms with Crippen LogP contribution >= 0.6 is 0 Å². The second-order valence-electron chi connectivity index (χ2n) is 2.18. The Balaban J connectivity index is 4.01. The van der Waals surface area contributed by atoms with Gasteiger partial charge in [0, 0.05) is 0 Å². The van der Waals surface area contributed by atoms with Crippen LogP contribution in [0.2, 0.25) is 0 Å². The molecule has 0 aliphatic rings. The lowest BCUT2D eigenvalue weighted by molar-refractivity contribution is 0.316. The first kappa shape index (κ1) is 8.21. The minimum absolute atomic E-state index is 0.297. The first-order valence-electron chi connectivity index (χ1n) is 3.07. The van der Waals surface area contributed by atoms with Crippen LogP contribution < -0.4 is 0 Å². The molecule has 0 aromatic carbocycles. The summed E-state index contributed by atoms with van der Waals surface area (Å²) in [6, 6.07) is 0. The van der Waals surface area contributed by atoms with Gasteiger partial charge in [-0.25, -0.2) is 0 Å². The van der Waals surface area contributed by atoms with Crippen LogP contribution in [0.3, 0.4) is 0 Å². The van der Waals surface area contributed by atoms with Crippen molar-refractivity contribution in [2.75, 3.05) is 0 Å². The van der Waals surface area contributed by atoms with Crippen molar-refractivity contribution >= 4 is 5.71 Å². The fourth-order valence-corrected chi connectivity index (χ4v) is 0.512. The number of oxime groups is 1. The molecule has 0 saturated carbocycles. The van der Waals surface area contributed by atoms with Crippen LogP contribution in [-0.4, -0.2) is 10.9 Å². The number of nitrogens with zero attached hydrogens (tertiary/aromatic N) is 1. The Bertz CT molecular complexity index is 125. The van der Waals surface area contributed by atoms with E-state index in [0.717, 1.165) is 5.71 Å². The highest BCUT2D eigenvalue weighted by atomic mass is 16.4. The van der Waals surface area contributed by atoms with E-state index in [9.17, 15) is 0 Å². The Morgan fingerprint density at radius 3 is 2.22 bits per heavy atom. The SMILES string of the molecule is C/C=C\C(=N/O)C(C)C. The summed E-state index contributed by atoms with van der Waals surface area (Å²) in [5, 5.41) is 11.5. The van der Waals surface area contributed by atoms with E-state index in [0.29, 0.717) is 5.92 Å². The van der Waals surface area contributed by atoms with Crippen LogP contribution in [-0.2, 0) is 0 Å². The monoisotopic (exact) mass is 127 g/mol. The van der Waals surface area contributed by atoms with E-state index in [1.165, 1.54) is 0 Å². The maximum atomic E-state index is 8.36. The van der Waals surface area contributed by atoms with Gasteiger partial charge in [0.05, 0.1) is 5.71 Å². The quantitative estimate of drug-likeness (QED) is 0.343. The molecular formula is C7H13NO. The molecule has 0 aromatic rings. The Kier molecular flexibility index (Phi) is 3.76. The molecule has 0 aromatic heterocycles. The predicted octanol–water partition coefficient (Wildman–Crippen LogP) is 2.05. The zero-order valence-corrected chi connectivity index (χ0v) is 6.13. The van der Waals surface area contributed by atoms with Crippen LogP contribution in [0.15, 0.2) is 17.3 Å². The highest BCUT2D eigenvalue weighted by Gasteiger charge is 1.98. The third-order valence-corrected chi connectivity index (χ3v) is 1.04. The van der Waals surface area contributed by atoms with Gasteiger partial charge in [-0.05, 0) is 18.9 Å². The number of hydrogen-bond acceptors (Lipinski definition) is 2. The standard InChI is InChI=1S/C7H13NO/c1-4-5-7(8-9)6(2)3/h4-6,9H,1-3H3/b5-4-,8-7+. The van der Waals surface area contributed by atoms with E-state index in [1.807, 2.05) is 26.8 Å². The Hall–Kier alpha value is -0.790. The topological polar surface area (TPSA) is 32.6 Å². The van der Waals surface area contributed by atoms with E-state index in [2.05, 4.69) is 5.16 Å². The van der Waals surface area contributed by atoms with Crippen molar-refractivity contribution in [2.24, 2.45) is 11.1 Å². The zero-order valence-electron chi connectivity index (χ0n) is 6.13. The Labute approximate surface area is 55.9 Å². The third-order valence-electron chi connectivity index (χ3n) is 1.04. The molecule has 0 atom stereocenters. The van der Waals surface area contributed by atoms with Gasteiger partial charge in [-0.3, -0.25) is 0 Å². The largest absolute Gasteiger partial charge is 0.411 e. The molecule has 0 saturated heterocycles. The lowest BCUT2D eigenvalue weighted by Gasteiger charge is -1.99. The Morgan fingerprint density at radius 1 is 1.56 bits per heavy atom. The molecule has 0 amide bonds. The minimum atomic E-state index is 0.297. The molecule has 0 unspecified atom stereocenters. The lowest BCUT2D eigenvalue weighted by Crippen LogP contribution is -2.02. The van der Waals surface area contributed by atoms with E-state index in [-0.39, 0.29) is 0 Å². The minimum Gasteiger partial charge on any atom is -0.411 e. The average Bonchev–Trinajstić information content (AvgIpc) is 1.82. The maximum Gasteiger partial charge on any atom is 0.0817 e. The smallest absolute Gasteiger partial charge is 0.0817 e. The molecule has 0 bridgehead atoms. The maximum absolute atomic E-state index is 8.36. The summed E-state index contributed by atoms with van der Waals surface area (Å²) in [6.07, 6.45) is 3.65. The summed E-state index contributed by atoms with van der Waals surface area (Å²) < 4.78 is 0. The zero-order chi connectivity index (χ0) is 7.28. The molecule has 0 fully saturated rings. The summed E-state index contributed by atoms with van der Waals surface area (Å²) in [6.45, 7) is 5.86. The molecule has 2 nitrogen and oxygen atoms in total. The summed E-state index contributed by atoms with van der Waals surface area (Å²) >= 11 is 0. The van der Waals surface area contributed by atoms with Gasteiger partial charge in [0.2, 0.25) is 0 Å². The molecule has 0 radical (unpaired) electrons. The molecule has 0 rings (SSSR count). The fraction of sp³-hybridized carbons (Fsp3) is 0.571. The molecule has 0 aliphatic heterocycles. The molecule has 0 heterocycles. The molecular weight excluding hydrogens is 114 g/mol. The van der Waals surface area contributed by atoms with Crippen molar-refractivity contribution < 1.29 is 5.21 Å². The Morgan fingerprint density at radius 2 is 2.11 bits per heavy atom. The number of rotatable bonds is 2. The van der Waals surface area contributed by atoms with Crippen LogP contribution in [0.4, 0.5) is 0 Å². The van der Waals surface area contributed by atoms with Crippen molar-refractivity contribution in [2.45, 2.75) is 20.8 Å². The molecule has 9 heavy (non-hydrogen) atoms. The number of hydrogen-bond donors (Lipinski definition) is 1. The molecule has 0 spiro atoms. The van der Waals surface area contributed by atoms with Crippen molar-refractivity contribution in [3.05, 3.63) is 12.2 Å². The first-order chi connectivity index (χ1) is 4.22. The second-order valence-corrected chi connectivity index (χ2v) is 2.18. The molecule has 1 N–H and O–H groups in total. The van der Waals surface area contributed by atoms with Gasteiger partial charge in [0.1, 0.15) is 0 Å².